The molecule has 98 valence electrons. The van der Waals surface area contributed by atoms with Crippen LogP contribution in [0.5, 0.6) is 0 Å². The molecule has 0 spiro atoms. The van der Waals surface area contributed by atoms with Gasteiger partial charge in [0.15, 0.2) is 5.84 Å². The Morgan fingerprint density at radius 1 is 1.05 bits per heavy atom. The largest absolute Gasteiger partial charge is 0.324 e. The fourth-order valence-electron chi connectivity index (χ4n) is 2.64. The number of para-hydroxylation sites is 2. The van der Waals surface area contributed by atoms with E-state index in [1.54, 1.807) is 0 Å². The molecule has 0 aliphatic carbocycles. The van der Waals surface area contributed by atoms with E-state index in [1.807, 2.05) is 47.4 Å². The number of nitrogens with one attached hydrogen (secondary N) is 1. The number of rotatable bonds is 0. The summed E-state index contributed by atoms with van der Waals surface area (Å²) in [4.78, 5) is 2.02. The third-order valence-corrected chi connectivity index (χ3v) is 3.66. The van der Waals surface area contributed by atoms with Crippen molar-refractivity contribution < 1.29 is 2.74 Å². The lowest BCUT2D eigenvalue weighted by molar-refractivity contribution is 1.02. The summed E-state index contributed by atoms with van der Waals surface area (Å²) < 4.78 is 16.7. The second-order valence-corrected chi connectivity index (χ2v) is 4.87. The standard InChI is InChI=1S/C17H15N3/c1-3-7-15-13(5-1)9-10-17(19-18-15)20-12-11-14-6-2-4-8-16(14)20/h1-10,18H,11-12H2/i9D,10D. The van der Waals surface area contributed by atoms with E-state index in [0.29, 0.717) is 11.4 Å². The number of hydrogen-bond donors (Lipinski definition) is 1. The summed E-state index contributed by atoms with van der Waals surface area (Å²) in [5.41, 5.74) is 6.81. The topological polar surface area (TPSA) is 27.6 Å². The Morgan fingerprint density at radius 2 is 1.90 bits per heavy atom. The highest BCUT2D eigenvalue weighted by molar-refractivity contribution is 6.10. The van der Waals surface area contributed by atoms with Gasteiger partial charge in [-0.3, -0.25) is 5.43 Å². The third-order valence-electron chi connectivity index (χ3n) is 3.66. The van der Waals surface area contributed by atoms with Gasteiger partial charge in [-0.1, -0.05) is 36.4 Å². The van der Waals surface area contributed by atoms with Crippen LogP contribution in [0.25, 0.3) is 6.05 Å². The Morgan fingerprint density at radius 3 is 2.90 bits per heavy atom. The molecule has 0 amide bonds. The molecule has 0 saturated heterocycles. The molecule has 3 nitrogen and oxygen atoms in total. The van der Waals surface area contributed by atoms with Crippen molar-refractivity contribution in [3.05, 3.63) is 65.7 Å². The highest BCUT2D eigenvalue weighted by Gasteiger charge is 2.22. The van der Waals surface area contributed by atoms with Crippen molar-refractivity contribution in [2.45, 2.75) is 6.42 Å². The molecule has 2 aliphatic rings. The van der Waals surface area contributed by atoms with Crippen LogP contribution in [0.4, 0.5) is 11.4 Å². The van der Waals surface area contributed by atoms with Crippen LogP contribution in [0.3, 0.4) is 0 Å². The smallest absolute Gasteiger partial charge is 0.153 e. The predicted molar refractivity (Wildman–Crippen MR) is 84.0 cm³/mol. The Labute approximate surface area is 121 Å². The molecule has 0 radical (unpaired) electrons. The zero-order chi connectivity index (χ0) is 15.1. The number of benzene rings is 2. The van der Waals surface area contributed by atoms with Crippen molar-refractivity contribution in [2.75, 3.05) is 16.9 Å². The minimum Gasteiger partial charge on any atom is -0.324 e. The molecule has 0 aromatic heterocycles. The van der Waals surface area contributed by atoms with E-state index in [-0.39, 0.29) is 12.1 Å². The maximum absolute atomic E-state index is 8.39. The van der Waals surface area contributed by atoms with E-state index in [2.05, 4.69) is 16.6 Å². The number of anilines is 2. The monoisotopic (exact) mass is 263 g/mol. The fraction of sp³-hybridized carbons (Fsp3) is 0.118. The summed E-state index contributed by atoms with van der Waals surface area (Å²) in [5, 5.41) is 4.40. The van der Waals surface area contributed by atoms with Gasteiger partial charge >= 0.3 is 0 Å². The van der Waals surface area contributed by atoms with Crippen LogP contribution >= 0.6 is 0 Å². The van der Waals surface area contributed by atoms with E-state index in [0.717, 1.165) is 24.3 Å². The van der Waals surface area contributed by atoms with E-state index >= 15 is 0 Å². The second kappa shape index (κ2) is 4.53. The molecule has 0 fully saturated rings. The van der Waals surface area contributed by atoms with Crippen LogP contribution < -0.4 is 10.3 Å². The summed E-state index contributed by atoms with van der Waals surface area (Å²) in [6.07, 6.45) is 0.933. The average Bonchev–Trinajstić information content (AvgIpc) is 2.94. The fourth-order valence-corrected chi connectivity index (χ4v) is 2.64. The van der Waals surface area contributed by atoms with Crippen molar-refractivity contribution >= 4 is 23.3 Å². The lowest BCUT2D eigenvalue weighted by Crippen LogP contribution is -2.27. The minimum absolute atomic E-state index is 0.147. The highest BCUT2D eigenvalue weighted by Crippen LogP contribution is 2.29. The summed E-state index contributed by atoms with van der Waals surface area (Å²) in [6.45, 7) is 0.784. The molecule has 20 heavy (non-hydrogen) atoms. The number of fused-ring (bicyclic) bond motifs is 2. The van der Waals surface area contributed by atoms with Gasteiger partial charge in [0.2, 0.25) is 0 Å². The van der Waals surface area contributed by atoms with Crippen molar-refractivity contribution in [1.29, 1.82) is 0 Å². The molecule has 0 saturated carbocycles. The summed E-state index contributed by atoms with van der Waals surface area (Å²) in [6, 6.07) is 16.0. The zero-order valence-electron chi connectivity index (χ0n) is 12.9. The SMILES string of the molecule is [2H]C1=C([2H])c2ccccc2NN=C1N1CCc2ccccc21. The molecule has 1 N–H and O–H groups in total. The molecular formula is C17H15N3. The van der Waals surface area contributed by atoms with Gasteiger partial charge in [-0.25, -0.2) is 0 Å². The van der Waals surface area contributed by atoms with E-state index in [1.165, 1.54) is 5.56 Å². The molecule has 2 aromatic carbocycles. The van der Waals surface area contributed by atoms with Gasteiger partial charge in [0, 0.05) is 12.2 Å². The van der Waals surface area contributed by atoms with Gasteiger partial charge < -0.3 is 4.90 Å². The van der Waals surface area contributed by atoms with Crippen LogP contribution in [0, 0.1) is 0 Å². The summed E-state index contributed by atoms with van der Waals surface area (Å²) in [5.74, 6) is 0.506. The van der Waals surface area contributed by atoms with Gasteiger partial charge in [-0.2, -0.15) is 5.10 Å². The van der Waals surface area contributed by atoms with Crippen LogP contribution in [0.2, 0.25) is 0 Å². The van der Waals surface area contributed by atoms with Crippen LogP contribution in [0.1, 0.15) is 13.9 Å². The second-order valence-electron chi connectivity index (χ2n) is 4.87. The lowest BCUT2D eigenvalue weighted by Gasteiger charge is -2.18. The molecule has 2 aromatic rings. The molecule has 0 unspecified atom stereocenters. The third kappa shape index (κ3) is 1.79. The first-order valence-corrected chi connectivity index (χ1v) is 6.72. The van der Waals surface area contributed by atoms with E-state index < -0.39 is 0 Å². The van der Waals surface area contributed by atoms with Gasteiger partial charge in [0.25, 0.3) is 0 Å². The first kappa shape index (κ1) is 9.37. The predicted octanol–water partition coefficient (Wildman–Crippen LogP) is 3.50. The van der Waals surface area contributed by atoms with Crippen LogP contribution in [-0.2, 0) is 6.42 Å². The Kier molecular flexibility index (Phi) is 2.12. The van der Waals surface area contributed by atoms with Crippen molar-refractivity contribution in [3.8, 4) is 0 Å². The van der Waals surface area contributed by atoms with Crippen molar-refractivity contribution in [3.63, 3.8) is 0 Å². The maximum atomic E-state index is 8.39. The van der Waals surface area contributed by atoms with Crippen molar-refractivity contribution in [2.24, 2.45) is 5.10 Å². The number of hydrogen-bond acceptors (Lipinski definition) is 3. The van der Waals surface area contributed by atoms with E-state index in [4.69, 9.17) is 2.74 Å². The minimum atomic E-state index is 0.147. The normalized spacial score (nSPS) is 18.4. The number of nitrogens with zero attached hydrogens (tertiary/aromatic N) is 2. The van der Waals surface area contributed by atoms with Gasteiger partial charge in [-0.05, 0) is 41.8 Å². The molecule has 4 rings (SSSR count). The van der Waals surface area contributed by atoms with E-state index in [9.17, 15) is 0 Å². The lowest BCUT2D eigenvalue weighted by atomic mass is 10.1. The van der Waals surface area contributed by atoms with Crippen LogP contribution in [0.15, 0.2) is 59.7 Å². The Balaban J connectivity index is 1.82. The van der Waals surface area contributed by atoms with Crippen molar-refractivity contribution in [1.82, 2.24) is 0 Å². The molecule has 0 atom stereocenters. The molecule has 3 heteroatoms. The number of hydrazone groups is 1. The van der Waals surface area contributed by atoms with Gasteiger partial charge in [0.05, 0.1) is 8.43 Å². The molecule has 0 bridgehead atoms. The first-order chi connectivity index (χ1) is 10.8. The quantitative estimate of drug-likeness (QED) is 0.787. The highest BCUT2D eigenvalue weighted by atomic mass is 15.4. The van der Waals surface area contributed by atoms with Gasteiger partial charge in [0.1, 0.15) is 0 Å². The Hall–Kier alpha value is -2.55. The first-order valence-electron chi connectivity index (χ1n) is 7.72. The van der Waals surface area contributed by atoms with Gasteiger partial charge in [-0.15, -0.1) is 0 Å². The summed E-state index contributed by atoms with van der Waals surface area (Å²) >= 11 is 0. The molecule has 2 aliphatic heterocycles. The number of amidine groups is 1. The zero-order valence-corrected chi connectivity index (χ0v) is 10.9. The maximum Gasteiger partial charge on any atom is 0.153 e. The average molecular weight is 263 g/mol. The Bertz CT molecular complexity index is 811. The molecular weight excluding hydrogens is 246 g/mol. The molecule has 2 heterocycles. The van der Waals surface area contributed by atoms with Crippen LogP contribution in [-0.4, -0.2) is 12.4 Å². The summed E-state index contributed by atoms with van der Waals surface area (Å²) in [7, 11) is 0.